The molecule has 0 spiro atoms. The molecular weight excluding hydrogens is 222 g/mol. The largest absolute Gasteiger partial charge is 0.388 e. The van der Waals surface area contributed by atoms with Crippen molar-refractivity contribution in [3.05, 3.63) is 0 Å². The van der Waals surface area contributed by atoms with Gasteiger partial charge in [-0.15, -0.1) is 0 Å². The molecule has 2 rings (SSSR count). The number of nitrogens with zero attached hydrogens (tertiary/aromatic N) is 1. The first-order valence-corrected chi connectivity index (χ1v) is 7.59. The molecule has 0 aromatic heterocycles. The van der Waals surface area contributed by atoms with E-state index in [9.17, 15) is 0 Å². The normalized spacial score (nSPS) is 30.6. The molecule has 3 unspecified atom stereocenters. The van der Waals surface area contributed by atoms with Gasteiger partial charge >= 0.3 is 0 Å². The lowest BCUT2D eigenvalue weighted by molar-refractivity contribution is 0.178. The first-order valence-electron chi connectivity index (χ1n) is 7.59. The van der Waals surface area contributed by atoms with Crippen molar-refractivity contribution < 1.29 is 0 Å². The van der Waals surface area contributed by atoms with E-state index >= 15 is 0 Å². The van der Waals surface area contributed by atoms with Crippen LogP contribution in [0.3, 0.4) is 0 Å². The molecule has 18 heavy (non-hydrogen) atoms. The molecule has 0 heterocycles. The molecule has 2 saturated carbocycles. The molecular formula is C15H29N3. The lowest BCUT2D eigenvalue weighted by atomic mass is 9.88. The quantitative estimate of drug-likeness (QED) is 0.540. The van der Waals surface area contributed by atoms with Crippen molar-refractivity contribution in [2.45, 2.75) is 46.0 Å². The standard InChI is InChI=1S/C15H29N3/c1-11(2)9-18(6-5-15(16)17)10-14-8-12-3-4-13(14)7-12/h11-14H,3-10H2,1-2H3,(H3,16,17). The summed E-state index contributed by atoms with van der Waals surface area (Å²) in [6.45, 7) is 7.93. The van der Waals surface area contributed by atoms with E-state index in [1.165, 1.54) is 32.2 Å². The number of nitrogens with two attached hydrogens (primary N) is 1. The van der Waals surface area contributed by atoms with Crippen LogP contribution in [0.4, 0.5) is 0 Å². The smallest absolute Gasteiger partial charge is 0.0918 e. The summed E-state index contributed by atoms with van der Waals surface area (Å²) in [6, 6.07) is 0. The second-order valence-corrected chi connectivity index (χ2v) is 6.86. The van der Waals surface area contributed by atoms with Crippen molar-refractivity contribution >= 4 is 5.84 Å². The van der Waals surface area contributed by atoms with Crippen LogP contribution in [0.15, 0.2) is 0 Å². The van der Waals surface area contributed by atoms with E-state index in [1.807, 2.05) is 0 Å². The molecule has 0 radical (unpaired) electrons. The average Bonchev–Trinajstić information content (AvgIpc) is 2.86. The van der Waals surface area contributed by atoms with Gasteiger partial charge in [-0.1, -0.05) is 20.3 Å². The molecule has 104 valence electrons. The second kappa shape index (κ2) is 6.05. The Bertz CT molecular complexity index is 287. The van der Waals surface area contributed by atoms with Gasteiger partial charge in [-0.2, -0.15) is 0 Å². The molecule has 0 aliphatic heterocycles. The molecule has 0 saturated heterocycles. The molecule has 2 aliphatic carbocycles. The van der Waals surface area contributed by atoms with Crippen LogP contribution in [0.1, 0.15) is 46.0 Å². The molecule has 0 amide bonds. The second-order valence-electron chi connectivity index (χ2n) is 6.86. The van der Waals surface area contributed by atoms with Gasteiger partial charge in [0.1, 0.15) is 0 Å². The van der Waals surface area contributed by atoms with Gasteiger partial charge < -0.3 is 10.6 Å². The third-order valence-electron chi connectivity index (χ3n) is 4.70. The van der Waals surface area contributed by atoms with Crippen LogP contribution in [0.25, 0.3) is 0 Å². The van der Waals surface area contributed by atoms with Crippen LogP contribution in [-0.4, -0.2) is 30.4 Å². The maximum Gasteiger partial charge on any atom is 0.0918 e. The number of hydrogen-bond donors (Lipinski definition) is 2. The van der Waals surface area contributed by atoms with Gasteiger partial charge in [-0.3, -0.25) is 5.41 Å². The predicted octanol–water partition coefficient (Wildman–Crippen LogP) is 2.71. The summed E-state index contributed by atoms with van der Waals surface area (Å²) in [5.74, 6) is 4.00. The molecule has 3 N–H and O–H groups in total. The Labute approximate surface area is 112 Å². The summed E-state index contributed by atoms with van der Waals surface area (Å²) in [5, 5.41) is 7.39. The van der Waals surface area contributed by atoms with Crippen LogP contribution in [-0.2, 0) is 0 Å². The van der Waals surface area contributed by atoms with Crippen LogP contribution in [0.5, 0.6) is 0 Å². The molecule has 0 aromatic carbocycles. The first-order chi connectivity index (χ1) is 8.54. The van der Waals surface area contributed by atoms with Crippen molar-refractivity contribution in [2.75, 3.05) is 19.6 Å². The van der Waals surface area contributed by atoms with Crippen LogP contribution >= 0.6 is 0 Å². The molecule has 3 nitrogen and oxygen atoms in total. The third-order valence-corrected chi connectivity index (χ3v) is 4.70. The zero-order chi connectivity index (χ0) is 13.1. The summed E-state index contributed by atoms with van der Waals surface area (Å²) in [5.41, 5.74) is 5.50. The molecule has 2 aliphatic rings. The van der Waals surface area contributed by atoms with Gasteiger partial charge in [-0.05, 0) is 42.9 Å². The minimum absolute atomic E-state index is 0.330. The summed E-state index contributed by atoms with van der Waals surface area (Å²) in [4.78, 5) is 2.55. The Kier molecular flexibility index (Phi) is 4.66. The SMILES string of the molecule is CC(C)CN(CCC(=N)N)CC1CC2CCC1C2. The fourth-order valence-electron chi connectivity index (χ4n) is 3.98. The summed E-state index contributed by atoms with van der Waals surface area (Å²) in [6.07, 6.45) is 6.64. The van der Waals surface area contributed by atoms with Gasteiger partial charge in [0.05, 0.1) is 5.84 Å². The first kappa shape index (κ1) is 13.9. The molecule has 2 bridgehead atoms. The molecule has 3 atom stereocenters. The average molecular weight is 251 g/mol. The summed E-state index contributed by atoms with van der Waals surface area (Å²) >= 11 is 0. The van der Waals surface area contributed by atoms with E-state index in [4.69, 9.17) is 11.1 Å². The zero-order valence-corrected chi connectivity index (χ0v) is 12.0. The van der Waals surface area contributed by atoms with Crippen molar-refractivity contribution in [1.82, 2.24) is 4.90 Å². The Morgan fingerprint density at radius 1 is 1.33 bits per heavy atom. The minimum Gasteiger partial charge on any atom is -0.388 e. The Balaban J connectivity index is 1.82. The predicted molar refractivity (Wildman–Crippen MR) is 76.7 cm³/mol. The summed E-state index contributed by atoms with van der Waals surface area (Å²) in [7, 11) is 0. The fourth-order valence-corrected chi connectivity index (χ4v) is 3.98. The van der Waals surface area contributed by atoms with Gasteiger partial charge in [0.25, 0.3) is 0 Å². The monoisotopic (exact) mass is 251 g/mol. The molecule has 2 fully saturated rings. The van der Waals surface area contributed by atoms with Crippen LogP contribution in [0, 0.1) is 29.1 Å². The van der Waals surface area contributed by atoms with E-state index in [0.717, 1.165) is 37.3 Å². The highest BCUT2D eigenvalue weighted by Gasteiger charge is 2.39. The lowest BCUT2D eigenvalue weighted by Crippen LogP contribution is -2.36. The number of fused-ring (bicyclic) bond motifs is 2. The Morgan fingerprint density at radius 2 is 2.11 bits per heavy atom. The number of amidine groups is 1. The maximum atomic E-state index is 7.39. The Morgan fingerprint density at radius 3 is 2.61 bits per heavy atom. The molecule has 3 heteroatoms. The van der Waals surface area contributed by atoms with E-state index < -0.39 is 0 Å². The number of nitrogens with one attached hydrogen (secondary N) is 1. The van der Waals surface area contributed by atoms with Crippen molar-refractivity contribution in [3.8, 4) is 0 Å². The highest BCUT2D eigenvalue weighted by Crippen LogP contribution is 2.48. The summed E-state index contributed by atoms with van der Waals surface area (Å²) < 4.78 is 0. The van der Waals surface area contributed by atoms with Crippen molar-refractivity contribution in [3.63, 3.8) is 0 Å². The van der Waals surface area contributed by atoms with E-state index in [0.29, 0.717) is 11.8 Å². The minimum atomic E-state index is 0.330. The van der Waals surface area contributed by atoms with Gasteiger partial charge in [-0.25, -0.2) is 0 Å². The maximum absolute atomic E-state index is 7.39. The zero-order valence-electron chi connectivity index (χ0n) is 12.0. The highest BCUT2D eigenvalue weighted by atomic mass is 15.1. The van der Waals surface area contributed by atoms with Crippen molar-refractivity contribution in [2.24, 2.45) is 29.4 Å². The van der Waals surface area contributed by atoms with Crippen molar-refractivity contribution in [1.29, 1.82) is 5.41 Å². The third kappa shape index (κ3) is 3.71. The Hall–Kier alpha value is -0.570. The number of rotatable bonds is 7. The topological polar surface area (TPSA) is 53.1 Å². The van der Waals surface area contributed by atoms with E-state index in [2.05, 4.69) is 18.7 Å². The van der Waals surface area contributed by atoms with Crippen LogP contribution < -0.4 is 5.73 Å². The van der Waals surface area contributed by atoms with Gasteiger partial charge in [0, 0.05) is 26.1 Å². The highest BCUT2D eigenvalue weighted by molar-refractivity contribution is 5.76. The number of hydrogen-bond acceptors (Lipinski definition) is 2. The van der Waals surface area contributed by atoms with Gasteiger partial charge in [0.2, 0.25) is 0 Å². The van der Waals surface area contributed by atoms with Gasteiger partial charge in [0.15, 0.2) is 0 Å². The molecule has 0 aromatic rings. The lowest BCUT2D eigenvalue weighted by Gasteiger charge is -2.31. The van der Waals surface area contributed by atoms with Crippen LogP contribution in [0.2, 0.25) is 0 Å². The van der Waals surface area contributed by atoms with E-state index in [1.54, 1.807) is 0 Å². The van der Waals surface area contributed by atoms with E-state index in [-0.39, 0.29) is 0 Å². The fraction of sp³-hybridized carbons (Fsp3) is 0.933.